The van der Waals surface area contributed by atoms with Crippen molar-refractivity contribution >= 4 is 33.1 Å². The number of thioether (sulfide) groups is 1. The third-order valence-corrected chi connectivity index (χ3v) is 8.35. The van der Waals surface area contributed by atoms with Crippen molar-refractivity contribution in [3.8, 4) is 11.4 Å². The monoisotopic (exact) mass is 523 g/mol. The zero-order valence-corrected chi connectivity index (χ0v) is 20.4. The van der Waals surface area contributed by atoms with Gasteiger partial charge in [-0.1, -0.05) is 17.8 Å². The van der Waals surface area contributed by atoms with Crippen LogP contribution in [0.5, 0.6) is 0 Å². The summed E-state index contributed by atoms with van der Waals surface area (Å²) in [4.78, 5) is 8.52. The summed E-state index contributed by atoms with van der Waals surface area (Å²) < 4.78 is 57.7. The average molecular weight is 524 g/mol. The van der Waals surface area contributed by atoms with Crippen LogP contribution in [-0.4, -0.2) is 49.2 Å². The molecule has 1 N–H and O–H groups in total. The number of halogens is 2. The lowest BCUT2D eigenvalue weighted by Gasteiger charge is -2.33. The predicted molar refractivity (Wildman–Crippen MR) is 124 cm³/mol. The smallest absolute Gasteiger partial charge is 0.175 e. The molecule has 34 heavy (non-hydrogen) atoms. The summed E-state index contributed by atoms with van der Waals surface area (Å²) in [5.41, 5.74) is -1.23. The number of aliphatic hydroxyl groups is 1. The summed E-state index contributed by atoms with van der Waals surface area (Å²) in [5.74, 6) is -1.23. The van der Waals surface area contributed by atoms with Crippen LogP contribution in [-0.2, 0) is 22.0 Å². The van der Waals surface area contributed by atoms with Crippen molar-refractivity contribution in [2.45, 2.75) is 33.6 Å². The maximum absolute atomic E-state index is 14.7. The van der Waals surface area contributed by atoms with Crippen molar-refractivity contribution in [2.24, 2.45) is 0 Å². The van der Waals surface area contributed by atoms with Crippen molar-refractivity contribution in [3.05, 3.63) is 72.3 Å². The van der Waals surface area contributed by atoms with E-state index in [-0.39, 0.29) is 17.0 Å². The Hall–Kier alpha value is -2.74. The highest BCUT2D eigenvalue weighted by Crippen LogP contribution is 2.40. The maximum Gasteiger partial charge on any atom is 0.175 e. The molecule has 2 atom stereocenters. The first-order valence-corrected chi connectivity index (χ1v) is 13.4. The predicted octanol–water partition coefficient (Wildman–Crippen LogP) is 3.55. The fraction of sp³-hybridized carbons (Fsp3) is 0.238. The molecule has 2 aromatic carbocycles. The lowest BCUT2D eigenvalue weighted by Crippen LogP contribution is -2.41. The third-order valence-electron chi connectivity index (χ3n) is 5.17. The number of hydrogen-bond acceptors (Lipinski definition) is 9. The van der Waals surface area contributed by atoms with Crippen LogP contribution in [0.25, 0.3) is 11.4 Å². The topological polar surface area (TPSA) is 111 Å². The molecule has 13 heteroatoms. The number of aromatic nitrogens is 5. The van der Waals surface area contributed by atoms with Gasteiger partial charge in [-0.15, -0.1) is 0 Å². The van der Waals surface area contributed by atoms with E-state index in [0.717, 1.165) is 29.9 Å². The Morgan fingerprint density at radius 2 is 1.94 bits per heavy atom. The van der Waals surface area contributed by atoms with Crippen molar-refractivity contribution < 1.29 is 22.3 Å². The summed E-state index contributed by atoms with van der Waals surface area (Å²) in [7, 11) is -3.32. The summed E-state index contributed by atoms with van der Waals surface area (Å²) in [6.45, 7) is 1.58. The fourth-order valence-electron chi connectivity index (χ4n) is 3.31. The Morgan fingerprint density at radius 1 is 1.21 bits per heavy atom. The molecule has 178 valence electrons. The minimum atomic E-state index is -3.32. The van der Waals surface area contributed by atoms with Crippen LogP contribution in [0.15, 0.2) is 64.4 Å². The molecule has 0 spiro atoms. The minimum Gasteiger partial charge on any atom is -0.382 e. The number of rotatable bonds is 8. The second-order valence-electron chi connectivity index (χ2n) is 7.58. The molecule has 0 aliphatic carbocycles. The maximum atomic E-state index is 14.7. The molecule has 0 fully saturated rings. The van der Waals surface area contributed by atoms with E-state index < -0.39 is 32.3 Å². The molecular weight excluding hydrogens is 504 g/mol. The van der Waals surface area contributed by atoms with E-state index in [2.05, 4.69) is 19.4 Å². The highest BCUT2D eigenvalue weighted by molar-refractivity contribution is 8.01. The van der Waals surface area contributed by atoms with Gasteiger partial charge in [0.25, 0.3) is 0 Å². The lowest BCUT2D eigenvalue weighted by atomic mass is 9.90. The molecular formula is C21H19F2N5O3S3. The molecule has 0 saturated heterocycles. The Morgan fingerprint density at radius 3 is 2.56 bits per heavy atom. The highest BCUT2D eigenvalue weighted by atomic mass is 32.2. The average Bonchev–Trinajstić information content (AvgIpc) is 3.45. The Kier molecular flexibility index (Phi) is 6.80. The molecule has 0 bridgehead atoms. The van der Waals surface area contributed by atoms with Gasteiger partial charge in [0, 0.05) is 28.7 Å². The standard InChI is InChI=1S/C21H19F2N5O3S3/c1-13(21(29,10-28-12-24-11-25-28)17-8-5-15(22)9-18(17)23)32-20-26-19(27-33-20)14-3-6-16(7-4-14)34(2,30)31/h3-9,11-13,29H,10H2,1-2H3/t13-,21?/m1/s1. The van der Waals surface area contributed by atoms with Crippen LogP contribution in [0.1, 0.15) is 12.5 Å². The number of sulfone groups is 1. The molecule has 2 aromatic heterocycles. The minimum absolute atomic E-state index is 0.0782. The molecule has 1 unspecified atom stereocenters. The molecule has 4 aromatic rings. The quantitative estimate of drug-likeness (QED) is 0.349. The van der Waals surface area contributed by atoms with Gasteiger partial charge in [0.1, 0.15) is 29.9 Å². The van der Waals surface area contributed by atoms with Crippen LogP contribution < -0.4 is 0 Å². The molecule has 0 aliphatic rings. The Bertz CT molecular complexity index is 1400. The summed E-state index contributed by atoms with van der Waals surface area (Å²) >= 11 is 2.27. The molecule has 8 nitrogen and oxygen atoms in total. The second kappa shape index (κ2) is 9.49. The number of benzene rings is 2. The van der Waals surface area contributed by atoms with Gasteiger partial charge >= 0.3 is 0 Å². The first-order valence-electron chi connectivity index (χ1n) is 9.87. The van der Waals surface area contributed by atoms with E-state index in [1.54, 1.807) is 19.1 Å². The highest BCUT2D eigenvalue weighted by Gasteiger charge is 2.40. The van der Waals surface area contributed by atoms with E-state index in [0.29, 0.717) is 15.7 Å². The van der Waals surface area contributed by atoms with E-state index in [4.69, 9.17) is 0 Å². The zero-order chi connectivity index (χ0) is 24.5. The first-order chi connectivity index (χ1) is 16.1. The summed E-state index contributed by atoms with van der Waals surface area (Å²) in [5, 5.41) is 15.0. The van der Waals surface area contributed by atoms with Gasteiger partial charge in [0.15, 0.2) is 20.0 Å². The van der Waals surface area contributed by atoms with Crippen molar-refractivity contribution in [1.29, 1.82) is 0 Å². The van der Waals surface area contributed by atoms with Gasteiger partial charge in [-0.25, -0.2) is 31.8 Å². The molecule has 0 amide bonds. The lowest BCUT2D eigenvalue weighted by molar-refractivity contribution is 0.0133. The zero-order valence-electron chi connectivity index (χ0n) is 18.0. The van der Waals surface area contributed by atoms with Crippen molar-refractivity contribution in [3.63, 3.8) is 0 Å². The third kappa shape index (κ3) is 5.17. The molecule has 0 radical (unpaired) electrons. The first kappa shape index (κ1) is 24.4. The van der Waals surface area contributed by atoms with Crippen molar-refractivity contribution in [1.82, 2.24) is 24.1 Å². The normalized spacial score (nSPS) is 14.6. The SMILES string of the molecule is C[C@@H](Sc1nc(-c2ccc(S(C)(=O)=O)cc2)ns1)C(O)(Cn1cncn1)c1ccc(F)cc1F. The van der Waals surface area contributed by atoms with Crippen LogP contribution >= 0.6 is 23.3 Å². The van der Waals surface area contributed by atoms with Gasteiger partial charge in [-0.3, -0.25) is 0 Å². The van der Waals surface area contributed by atoms with E-state index in [9.17, 15) is 22.3 Å². The van der Waals surface area contributed by atoms with Gasteiger partial charge in [0.2, 0.25) is 0 Å². The summed E-state index contributed by atoms with van der Waals surface area (Å²) in [6, 6.07) is 9.22. The molecule has 4 rings (SSSR count). The van der Waals surface area contributed by atoms with Gasteiger partial charge in [0.05, 0.1) is 11.4 Å². The molecule has 0 saturated carbocycles. The molecule has 2 heterocycles. The Balaban J connectivity index is 1.61. The van der Waals surface area contributed by atoms with E-state index in [1.807, 2.05) is 0 Å². The van der Waals surface area contributed by atoms with E-state index >= 15 is 0 Å². The second-order valence-corrected chi connectivity index (χ2v) is 11.9. The van der Waals surface area contributed by atoms with Crippen molar-refractivity contribution in [2.75, 3.05) is 6.26 Å². The van der Waals surface area contributed by atoms with Crippen LogP contribution in [0, 0.1) is 11.6 Å². The van der Waals surface area contributed by atoms with Crippen LogP contribution in [0.2, 0.25) is 0 Å². The van der Waals surface area contributed by atoms with Crippen LogP contribution in [0.4, 0.5) is 8.78 Å². The largest absolute Gasteiger partial charge is 0.382 e. The number of hydrogen-bond donors (Lipinski definition) is 1. The Labute approximate surface area is 202 Å². The molecule has 0 aliphatic heterocycles. The summed E-state index contributed by atoms with van der Waals surface area (Å²) in [6.07, 6.45) is 3.82. The fourth-order valence-corrected chi connectivity index (χ4v) is 5.93. The van der Waals surface area contributed by atoms with Crippen LogP contribution in [0.3, 0.4) is 0 Å². The van der Waals surface area contributed by atoms with Gasteiger partial charge in [-0.2, -0.15) is 9.47 Å². The van der Waals surface area contributed by atoms with Gasteiger partial charge < -0.3 is 5.11 Å². The van der Waals surface area contributed by atoms with Gasteiger partial charge in [-0.05, 0) is 48.8 Å². The van der Waals surface area contributed by atoms with E-state index in [1.165, 1.54) is 47.3 Å². The number of nitrogens with zero attached hydrogens (tertiary/aromatic N) is 5.